The lowest BCUT2D eigenvalue weighted by molar-refractivity contribution is 0.434. The molecule has 0 amide bonds. The van der Waals surface area contributed by atoms with Gasteiger partial charge in [0.15, 0.2) is 5.37 Å². The standard InChI is InChI=1S/C21H30N2O3S/c1-4-7-21(27(24,25)26)23(6-3)20-12-10-18(11-13-20)8-9-19-14-16-22(5-2)17-15-19/h8-16,21H,4-7,17H2,1-3H3,(H,24,25,26)/b9-8+. The third-order valence-corrected chi connectivity index (χ3v) is 5.88. The van der Waals surface area contributed by atoms with Crippen LogP contribution < -0.4 is 4.90 Å². The van der Waals surface area contributed by atoms with Gasteiger partial charge in [0, 0.05) is 25.3 Å². The van der Waals surface area contributed by atoms with E-state index in [4.69, 9.17) is 0 Å². The zero-order valence-corrected chi connectivity index (χ0v) is 17.2. The van der Waals surface area contributed by atoms with Crippen molar-refractivity contribution in [1.82, 2.24) is 4.90 Å². The molecule has 0 bridgehead atoms. The van der Waals surface area contributed by atoms with Gasteiger partial charge in [-0.2, -0.15) is 8.42 Å². The first-order valence-electron chi connectivity index (χ1n) is 9.52. The van der Waals surface area contributed by atoms with Gasteiger partial charge in [-0.3, -0.25) is 4.55 Å². The van der Waals surface area contributed by atoms with Crippen LogP contribution in [-0.4, -0.2) is 42.9 Å². The summed E-state index contributed by atoms with van der Waals surface area (Å²) in [6.07, 6.45) is 11.6. The van der Waals surface area contributed by atoms with Crippen LogP contribution in [0.15, 0.2) is 54.3 Å². The molecule has 1 atom stereocenters. The zero-order valence-electron chi connectivity index (χ0n) is 16.4. The number of likely N-dealkylation sites (N-methyl/N-ethyl adjacent to an activating group) is 1. The first-order valence-corrected chi connectivity index (χ1v) is 11.0. The van der Waals surface area contributed by atoms with Gasteiger partial charge in [0.25, 0.3) is 10.1 Å². The van der Waals surface area contributed by atoms with E-state index in [0.717, 1.165) is 24.3 Å². The van der Waals surface area contributed by atoms with Crippen LogP contribution in [0, 0.1) is 0 Å². The number of allylic oxidation sites excluding steroid dienone is 3. The van der Waals surface area contributed by atoms with E-state index < -0.39 is 15.5 Å². The molecule has 2 rings (SSSR count). The van der Waals surface area contributed by atoms with Crippen LogP contribution in [0.1, 0.15) is 39.2 Å². The van der Waals surface area contributed by atoms with Crippen molar-refractivity contribution in [3.05, 3.63) is 59.8 Å². The van der Waals surface area contributed by atoms with E-state index in [2.05, 4.69) is 36.3 Å². The summed E-state index contributed by atoms with van der Waals surface area (Å²) in [5, 5.41) is -0.909. The fraction of sp³-hybridized carbons (Fsp3) is 0.429. The number of hydrogen-bond acceptors (Lipinski definition) is 4. The number of nitrogens with zero attached hydrogens (tertiary/aromatic N) is 2. The fourth-order valence-corrected chi connectivity index (χ4v) is 4.26. The van der Waals surface area contributed by atoms with E-state index in [1.807, 2.05) is 44.2 Å². The van der Waals surface area contributed by atoms with E-state index in [0.29, 0.717) is 19.4 Å². The molecule has 1 unspecified atom stereocenters. The van der Waals surface area contributed by atoms with Crippen molar-refractivity contribution in [1.29, 1.82) is 0 Å². The molecule has 0 spiro atoms. The summed E-state index contributed by atoms with van der Waals surface area (Å²) in [5.41, 5.74) is 3.01. The largest absolute Gasteiger partial charge is 0.374 e. The SMILES string of the molecule is CCCC(N(CC)c1ccc(/C=C/C2=CCN(CC)C=C2)cc1)S(=O)(=O)O. The Labute approximate surface area is 163 Å². The van der Waals surface area contributed by atoms with Crippen molar-refractivity contribution >= 4 is 21.9 Å². The highest BCUT2D eigenvalue weighted by Gasteiger charge is 2.28. The van der Waals surface area contributed by atoms with Crippen molar-refractivity contribution in [2.75, 3.05) is 24.5 Å². The Bertz CT molecular complexity index is 795. The maximum absolute atomic E-state index is 11.8. The lowest BCUT2D eigenvalue weighted by atomic mass is 10.1. The van der Waals surface area contributed by atoms with Gasteiger partial charge in [-0.15, -0.1) is 0 Å². The number of benzene rings is 1. The molecule has 1 aromatic rings. The summed E-state index contributed by atoms with van der Waals surface area (Å²) in [5.74, 6) is 0. The average Bonchev–Trinajstić information content (AvgIpc) is 2.67. The molecule has 0 fully saturated rings. The van der Waals surface area contributed by atoms with Gasteiger partial charge in [0.1, 0.15) is 0 Å². The summed E-state index contributed by atoms with van der Waals surface area (Å²) in [6, 6.07) is 7.74. The molecule has 0 saturated carbocycles. The summed E-state index contributed by atoms with van der Waals surface area (Å²) >= 11 is 0. The van der Waals surface area contributed by atoms with E-state index in [9.17, 15) is 13.0 Å². The second kappa shape index (κ2) is 9.76. The van der Waals surface area contributed by atoms with Gasteiger partial charge < -0.3 is 9.80 Å². The molecule has 6 heteroatoms. The summed E-state index contributed by atoms with van der Waals surface area (Å²) in [6.45, 7) is 8.36. The summed E-state index contributed by atoms with van der Waals surface area (Å²) < 4.78 is 33.1. The predicted octanol–water partition coefficient (Wildman–Crippen LogP) is 4.32. The van der Waals surface area contributed by atoms with Crippen molar-refractivity contribution in [3.63, 3.8) is 0 Å². The fourth-order valence-electron chi connectivity index (χ4n) is 3.14. The van der Waals surface area contributed by atoms with Gasteiger partial charge in [0.2, 0.25) is 0 Å². The van der Waals surface area contributed by atoms with Crippen LogP contribution >= 0.6 is 0 Å². The van der Waals surface area contributed by atoms with E-state index in [-0.39, 0.29) is 0 Å². The van der Waals surface area contributed by atoms with Gasteiger partial charge >= 0.3 is 0 Å². The van der Waals surface area contributed by atoms with Crippen LogP contribution in [0.5, 0.6) is 0 Å². The van der Waals surface area contributed by atoms with Gasteiger partial charge in [0.05, 0.1) is 0 Å². The van der Waals surface area contributed by atoms with Crippen LogP contribution in [0.2, 0.25) is 0 Å². The zero-order chi connectivity index (χ0) is 19.9. The molecule has 0 aromatic heterocycles. The van der Waals surface area contributed by atoms with Crippen molar-refractivity contribution in [2.45, 2.75) is 39.0 Å². The number of hydrogen-bond donors (Lipinski definition) is 1. The Morgan fingerprint density at radius 2 is 1.89 bits per heavy atom. The van der Waals surface area contributed by atoms with Crippen LogP contribution in [0.3, 0.4) is 0 Å². The van der Waals surface area contributed by atoms with Crippen molar-refractivity contribution < 1.29 is 13.0 Å². The number of rotatable bonds is 9. The molecule has 0 saturated heterocycles. The molecule has 27 heavy (non-hydrogen) atoms. The maximum atomic E-state index is 11.8. The Kier molecular flexibility index (Phi) is 7.68. The molecule has 1 heterocycles. The van der Waals surface area contributed by atoms with Gasteiger partial charge in [-0.25, -0.2) is 0 Å². The normalized spacial score (nSPS) is 15.9. The first kappa shape index (κ1) is 21.3. The highest BCUT2D eigenvalue weighted by Crippen LogP contribution is 2.23. The predicted molar refractivity (Wildman–Crippen MR) is 113 cm³/mol. The minimum absolute atomic E-state index is 0.392. The molecule has 1 N–H and O–H groups in total. The molecule has 1 aromatic carbocycles. The van der Waals surface area contributed by atoms with Gasteiger partial charge in [-0.1, -0.05) is 43.7 Å². The Balaban J connectivity index is 2.12. The Morgan fingerprint density at radius 3 is 2.37 bits per heavy atom. The maximum Gasteiger partial charge on any atom is 0.286 e. The molecule has 148 valence electrons. The topological polar surface area (TPSA) is 60.9 Å². The first-order chi connectivity index (χ1) is 12.9. The second-order valence-electron chi connectivity index (χ2n) is 6.58. The highest BCUT2D eigenvalue weighted by molar-refractivity contribution is 7.86. The van der Waals surface area contributed by atoms with E-state index in [1.54, 1.807) is 4.90 Å². The molecule has 0 radical (unpaired) electrons. The summed E-state index contributed by atoms with van der Waals surface area (Å²) in [7, 11) is -4.14. The van der Waals surface area contributed by atoms with E-state index in [1.165, 1.54) is 5.57 Å². The van der Waals surface area contributed by atoms with Crippen molar-refractivity contribution in [2.24, 2.45) is 0 Å². The highest BCUT2D eigenvalue weighted by atomic mass is 32.2. The Hall–Kier alpha value is -2.05. The molecule has 5 nitrogen and oxygen atoms in total. The molecular weight excluding hydrogens is 360 g/mol. The third-order valence-electron chi connectivity index (χ3n) is 4.71. The smallest absolute Gasteiger partial charge is 0.286 e. The number of anilines is 1. The minimum atomic E-state index is -4.14. The molecule has 1 aliphatic rings. The monoisotopic (exact) mass is 390 g/mol. The summed E-state index contributed by atoms with van der Waals surface area (Å²) in [4.78, 5) is 3.96. The second-order valence-corrected chi connectivity index (χ2v) is 8.15. The molecule has 0 aliphatic carbocycles. The molecular formula is C21H30N2O3S. The lowest BCUT2D eigenvalue weighted by Crippen LogP contribution is -2.41. The van der Waals surface area contributed by atoms with Crippen LogP contribution in [-0.2, 0) is 10.1 Å². The molecule has 1 aliphatic heterocycles. The third kappa shape index (κ3) is 5.97. The van der Waals surface area contributed by atoms with Crippen LogP contribution in [0.4, 0.5) is 5.69 Å². The van der Waals surface area contributed by atoms with Crippen LogP contribution in [0.25, 0.3) is 6.08 Å². The quantitative estimate of drug-likeness (QED) is 0.637. The van der Waals surface area contributed by atoms with Crippen molar-refractivity contribution in [3.8, 4) is 0 Å². The lowest BCUT2D eigenvalue weighted by Gasteiger charge is -2.30. The Morgan fingerprint density at radius 1 is 1.19 bits per heavy atom. The van der Waals surface area contributed by atoms with E-state index >= 15 is 0 Å². The minimum Gasteiger partial charge on any atom is -0.374 e. The average molecular weight is 391 g/mol. The van der Waals surface area contributed by atoms with Gasteiger partial charge in [-0.05, 0) is 55.8 Å².